The second-order valence-electron chi connectivity index (χ2n) is 8.30. The standard InChI is InChI=1S/C27H34F2OS/c1-3-5-7-9-11-17-30-23-18-22-19-24(31-27(22)26(29)25(23)28)21-15-13-20(14-16-21)12-10-8-6-4-2/h13-16,18-19H,3-12,17H2,1-2H3. The molecule has 0 aliphatic rings. The Hall–Kier alpha value is -1.94. The van der Waals surface area contributed by atoms with Crippen LogP contribution in [-0.4, -0.2) is 6.61 Å². The Morgan fingerprint density at radius 3 is 2.16 bits per heavy atom. The number of halogens is 2. The molecular formula is C27H34F2OS. The number of benzene rings is 2. The summed E-state index contributed by atoms with van der Waals surface area (Å²) in [7, 11) is 0. The number of fused-ring (bicyclic) bond motifs is 1. The van der Waals surface area contributed by atoms with Gasteiger partial charge >= 0.3 is 0 Å². The summed E-state index contributed by atoms with van der Waals surface area (Å²) < 4.78 is 35.1. The molecular weight excluding hydrogens is 410 g/mol. The van der Waals surface area contributed by atoms with Gasteiger partial charge in [-0.2, -0.15) is 4.39 Å². The normalized spacial score (nSPS) is 11.4. The lowest BCUT2D eigenvalue weighted by Crippen LogP contribution is -2.00. The zero-order valence-corrected chi connectivity index (χ0v) is 19.6. The molecule has 0 radical (unpaired) electrons. The van der Waals surface area contributed by atoms with Crippen LogP contribution in [0.5, 0.6) is 5.75 Å². The average molecular weight is 445 g/mol. The van der Waals surface area contributed by atoms with Crippen LogP contribution < -0.4 is 4.74 Å². The molecule has 0 aliphatic heterocycles. The molecule has 4 heteroatoms. The number of rotatable bonds is 13. The van der Waals surface area contributed by atoms with Crippen LogP contribution >= 0.6 is 11.3 Å². The zero-order valence-electron chi connectivity index (χ0n) is 18.8. The van der Waals surface area contributed by atoms with Crippen LogP contribution in [0, 0.1) is 11.6 Å². The van der Waals surface area contributed by atoms with Gasteiger partial charge in [0.15, 0.2) is 11.6 Å². The summed E-state index contributed by atoms with van der Waals surface area (Å²) in [6, 6.07) is 12.0. The molecule has 1 nitrogen and oxygen atoms in total. The van der Waals surface area contributed by atoms with Crippen molar-refractivity contribution in [1.29, 1.82) is 0 Å². The summed E-state index contributed by atoms with van der Waals surface area (Å²) in [5.74, 6) is -1.66. The van der Waals surface area contributed by atoms with E-state index in [1.54, 1.807) is 6.07 Å². The smallest absolute Gasteiger partial charge is 0.202 e. The number of thiophene rings is 1. The van der Waals surface area contributed by atoms with Gasteiger partial charge in [0, 0.05) is 4.88 Å². The van der Waals surface area contributed by atoms with Gasteiger partial charge in [-0.15, -0.1) is 11.3 Å². The van der Waals surface area contributed by atoms with E-state index in [1.807, 2.05) is 6.07 Å². The van der Waals surface area contributed by atoms with Crippen molar-refractivity contribution in [1.82, 2.24) is 0 Å². The minimum Gasteiger partial charge on any atom is -0.490 e. The monoisotopic (exact) mass is 444 g/mol. The highest BCUT2D eigenvalue weighted by molar-refractivity contribution is 7.22. The van der Waals surface area contributed by atoms with Crippen molar-refractivity contribution < 1.29 is 13.5 Å². The molecule has 0 saturated carbocycles. The second kappa shape index (κ2) is 12.2. The fourth-order valence-corrected chi connectivity index (χ4v) is 4.90. The highest BCUT2D eigenvalue weighted by Crippen LogP contribution is 2.39. The molecule has 168 valence electrons. The lowest BCUT2D eigenvalue weighted by atomic mass is 10.0. The van der Waals surface area contributed by atoms with Crippen LogP contribution in [0.1, 0.15) is 77.2 Å². The summed E-state index contributed by atoms with van der Waals surface area (Å²) in [4.78, 5) is 0.947. The lowest BCUT2D eigenvalue weighted by molar-refractivity contribution is 0.286. The quantitative estimate of drug-likeness (QED) is 0.239. The van der Waals surface area contributed by atoms with Gasteiger partial charge in [-0.05, 0) is 47.9 Å². The second-order valence-corrected chi connectivity index (χ2v) is 9.35. The Kier molecular flexibility index (Phi) is 9.32. The summed E-state index contributed by atoms with van der Waals surface area (Å²) in [5, 5.41) is 0.698. The first-order chi connectivity index (χ1) is 15.1. The van der Waals surface area contributed by atoms with Gasteiger partial charge in [0.05, 0.1) is 11.3 Å². The highest BCUT2D eigenvalue weighted by Gasteiger charge is 2.18. The van der Waals surface area contributed by atoms with Crippen LogP contribution in [0.25, 0.3) is 20.5 Å². The van der Waals surface area contributed by atoms with E-state index in [1.165, 1.54) is 55.4 Å². The number of aryl methyl sites for hydroxylation is 1. The Balaban J connectivity index is 1.68. The van der Waals surface area contributed by atoms with Crippen molar-refractivity contribution in [2.45, 2.75) is 78.1 Å². The molecule has 0 spiro atoms. The lowest BCUT2D eigenvalue weighted by Gasteiger charge is -2.08. The van der Waals surface area contributed by atoms with Crippen molar-refractivity contribution in [3.8, 4) is 16.2 Å². The van der Waals surface area contributed by atoms with Crippen molar-refractivity contribution in [2.75, 3.05) is 6.61 Å². The van der Waals surface area contributed by atoms with Crippen LogP contribution in [0.2, 0.25) is 0 Å². The number of ether oxygens (including phenoxy) is 1. The molecule has 0 aliphatic carbocycles. The van der Waals surface area contributed by atoms with Crippen molar-refractivity contribution in [2.24, 2.45) is 0 Å². The topological polar surface area (TPSA) is 9.23 Å². The third-order valence-corrected chi connectivity index (χ3v) is 6.91. The van der Waals surface area contributed by atoms with Gasteiger partial charge in [-0.1, -0.05) is 83.1 Å². The molecule has 0 unspecified atom stereocenters. The Labute approximate surface area is 189 Å². The van der Waals surface area contributed by atoms with E-state index in [2.05, 4.69) is 38.1 Å². The van der Waals surface area contributed by atoms with Gasteiger partial charge in [-0.3, -0.25) is 0 Å². The molecule has 0 atom stereocenters. The maximum atomic E-state index is 14.7. The minimum absolute atomic E-state index is 0.0206. The average Bonchev–Trinajstić information content (AvgIpc) is 3.21. The van der Waals surface area contributed by atoms with E-state index in [9.17, 15) is 8.78 Å². The number of hydrogen-bond acceptors (Lipinski definition) is 2. The Bertz CT molecular complexity index is 946. The van der Waals surface area contributed by atoms with Crippen LogP contribution in [0.3, 0.4) is 0 Å². The predicted molar refractivity (Wildman–Crippen MR) is 129 cm³/mol. The minimum atomic E-state index is -0.878. The molecule has 0 bridgehead atoms. The van der Waals surface area contributed by atoms with E-state index < -0.39 is 11.6 Å². The third-order valence-electron chi connectivity index (χ3n) is 5.72. The van der Waals surface area contributed by atoms with Gasteiger partial charge in [0.25, 0.3) is 0 Å². The van der Waals surface area contributed by atoms with Crippen LogP contribution in [0.15, 0.2) is 36.4 Å². The zero-order chi connectivity index (χ0) is 22.1. The maximum absolute atomic E-state index is 14.7. The SMILES string of the molecule is CCCCCCCOc1cc2cc(-c3ccc(CCCCCC)cc3)sc2c(F)c1F. The molecule has 0 fully saturated rings. The summed E-state index contributed by atoms with van der Waals surface area (Å²) in [6.07, 6.45) is 11.5. The first-order valence-corrected chi connectivity index (χ1v) is 12.6. The van der Waals surface area contributed by atoms with Crippen LogP contribution in [0.4, 0.5) is 8.78 Å². The van der Waals surface area contributed by atoms with E-state index in [0.717, 1.165) is 36.1 Å². The van der Waals surface area contributed by atoms with Gasteiger partial charge in [0.1, 0.15) is 0 Å². The first-order valence-electron chi connectivity index (χ1n) is 11.8. The van der Waals surface area contributed by atoms with Crippen LogP contribution in [-0.2, 0) is 6.42 Å². The largest absolute Gasteiger partial charge is 0.490 e. The summed E-state index contributed by atoms with van der Waals surface area (Å²) in [6.45, 7) is 4.81. The molecule has 1 heterocycles. The first kappa shape index (κ1) is 23.7. The molecule has 3 aromatic rings. The summed E-state index contributed by atoms with van der Waals surface area (Å²) in [5.41, 5.74) is 2.37. The fraction of sp³-hybridized carbons (Fsp3) is 0.481. The molecule has 3 rings (SSSR count). The fourth-order valence-electron chi connectivity index (χ4n) is 3.82. The Morgan fingerprint density at radius 2 is 1.45 bits per heavy atom. The number of unbranched alkanes of at least 4 members (excludes halogenated alkanes) is 7. The van der Waals surface area contributed by atoms with Gasteiger partial charge in [0.2, 0.25) is 5.82 Å². The van der Waals surface area contributed by atoms with Crippen molar-refractivity contribution in [3.63, 3.8) is 0 Å². The van der Waals surface area contributed by atoms with E-state index >= 15 is 0 Å². The number of hydrogen-bond donors (Lipinski definition) is 0. The van der Waals surface area contributed by atoms with Crippen molar-refractivity contribution in [3.05, 3.63) is 53.6 Å². The van der Waals surface area contributed by atoms with Gasteiger partial charge < -0.3 is 4.74 Å². The van der Waals surface area contributed by atoms with Crippen molar-refractivity contribution >= 4 is 21.4 Å². The molecule has 1 aromatic heterocycles. The predicted octanol–water partition coefficient (Wildman–Crippen LogP) is 9.32. The molecule has 0 amide bonds. The molecule has 0 saturated heterocycles. The van der Waals surface area contributed by atoms with Gasteiger partial charge in [-0.25, -0.2) is 4.39 Å². The molecule has 0 N–H and O–H groups in total. The van der Waals surface area contributed by atoms with E-state index in [0.29, 0.717) is 16.7 Å². The van der Waals surface area contributed by atoms with E-state index in [-0.39, 0.29) is 5.75 Å². The summed E-state index contributed by atoms with van der Waals surface area (Å²) >= 11 is 1.30. The molecule has 31 heavy (non-hydrogen) atoms. The van der Waals surface area contributed by atoms with E-state index in [4.69, 9.17) is 4.74 Å². The Morgan fingerprint density at radius 1 is 0.774 bits per heavy atom. The maximum Gasteiger partial charge on any atom is 0.202 e. The molecule has 2 aromatic carbocycles. The third kappa shape index (κ3) is 6.52. The highest BCUT2D eigenvalue weighted by atomic mass is 32.1.